The summed E-state index contributed by atoms with van der Waals surface area (Å²) >= 11 is -1.52. The molecular formula is C19H24O3S. The second-order valence-electron chi connectivity index (χ2n) is 6.58. The third-order valence-electron chi connectivity index (χ3n) is 3.75. The van der Waals surface area contributed by atoms with Gasteiger partial charge in [-0.25, -0.2) is 4.21 Å². The standard InChI is InChI=1S/C19H24O3S/c1-15(22-23(21)18(2,3)4)19(20,16-11-7-5-8-12-16)17-13-9-6-10-14-17/h5-15,20H,1-4H3. The fourth-order valence-electron chi connectivity index (χ4n) is 2.37. The lowest BCUT2D eigenvalue weighted by atomic mass is 9.82. The van der Waals surface area contributed by atoms with E-state index in [1.54, 1.807) is 6.92 Å². The third kappa shape index (κ3) is 3.89. The SMILES string of the molecule is CC(OS(=O)C(C)(C)C)C(O)(c1ccccc1)c1ccccc1. The van der Waals surface area contributed by atoms with E-state index in [0.29, 0.717) is 11.1 Å². The molecule has 124 valence electrons. The Bertz CT molecular complexity index is 608. The maximum absolute atomic E-state index is 12.4. The first-order valence-electron chi connectivity index (χ1n) is 7.68. The van der Waals surface area contributed by atoms with Crippen molar-refractivity contribution in [2.24, 2.45) is 0 Å². The highest BCUT2D eigenvalue weighted by atomic mass is 32.2. The molecule has 0 saturated carbocycles. The third-order valence-corrected chi connectivity index (χ3v) is 5.21. The summed E-state index contributed by atoms with van der Waals surface area (Å²) in [5.41, 5.74) is 0.0536. The Hall–Kier alpha value is -1.49. The topological polar surface area (TPSA) is 46.5 Å². The Morgan fingerprint density at radius 2 is 1.30 bits per heavy atom. The fourth-order valence-corrected chi connectivity index (χ4v) is 3.06. The van der Waals surface area contributed by atoms with Gasteiger partial charge in [0.1, 0.15) is 11.7 Å². The molecule has 2 atom stereocenters. The summed E-state index contributed by atoms with van der Waals surface area (Å²) in [5.74, 6) is 0. The first kappa shape index (κ1) is 17.9. The molecule has 0 aliphatic heterocycles. The van der Waals surface area contributed by atoms with Crippen LogP contribution in [0.3, 0.4) is 0 Å². The van der Waals surface area contributed by atoms with Crippen molar-refractivity contribution < 1.29 is 13.5 Å². The van der Waals surface area contributed by atoms with E-state index >= 15 is 0 Å². The quantitative estimate of drug-likeness (QED) is 0.906. The summed E-state index contributed by atoms with van der Waals surface area (Å²) in [4.78, 5) is 0. The minimum atomic E-state index is -1.52. The maximum Gasteiger partial charge on any atom is 0.161 e. The number of hydrogen-bond acceptors (Lipinski definition) is 3. The first-order valence-corrected chi connectivity index (χ1v) is 8.76. The number of rotatable bonds is 5. The van der Waals surface area contributed by atoms with E-state index in [4.69, 9.17) is 4.18 Å². The Kier molecular flexibility index (Phi) is 5.40. The van der Waals surface area contributed by atoms with E-state index in [9.17, 15) is 9.32 Å². The molecule has 0 saturated heterocycles. The van der Waals surface area contributed by atoms with Gasteiger partial charge in [-0.15, -0.1) is 0 Å². The second-order valence-corrected chi connectivity index (χ2v) is 8.47. The smallest absolute Gasteiger partial charge is 0.161 e. The number of aliphatic hydroxyl groups is 1. The van der Waals surface area contributed by atoms with Crippen molar-refractivity contribution in [1.82, 2.24) is 0 Å². The van der Waals surface area contributed by atoms with Crippen LogP contribution in [0.4, 0.5) is 0 Å². The van der Waals surface area contributed by atoms with E-state index < -0.39 is 27.5 Å². The van der Waals surface area contributed by atoms with Gasteiger partial charge in [-0.3, -0.25) is 4.18 Å². The van der Waals surface area contributed by atoms with Gasteiger partial charge in [0.25, 0.3) is 0 Å². The molecule has 0 amide bonds. The normalized spacial score (nSPS) is 15.2. The molecular weight excluding hydrogens is 308 g/mol. The molecule has 2 aromatic rings. The Morgan fingerprint density at radius 1 is 0.913 bits per heavy atom. The molecule has 2 rings (SSSR count). The summed E-state index contributed by atoms with van der Waals surface area (Å²) in [7, 11) is 0. The second kappa shape index (κ2) is 6.95. The van der Waals surface area contributed by atoms with E-state index in [1.807, 2.05) is 81.4 Å². The fraction of sp³-hybridized carbons (Fsp3) is 0.368. The van der Waals surface area contributed by atoms with Crippen molar-refractivity contribution in [2.45, 2.75) is 44.1 Å². The van der Waals surface area contributed by atoms with Crippen LogP contribution in [-0.2, 0) is 20.9 Å². The largest absolute Gasteiger partial charge is 0.378 e. The minimum Gasteiger partial charge on any atom is -0.378 e. The van der Waals surface area contributed by atoms with Crippen LogP contribution in [0.15, 0.2) is 60.7 Å². The van der Waals surface area contributed by atoms with Crippen LogP contribution in [0.5, 0.6) is 0 Å². The summed E-state index contributed by atoms with van der Waals surface area (Å²) < 4.78 is 17.6. The Labute approximate surface area is 141 Å². The lowest BCUT2D eigenvalue weighted by molar-refractivity contribution is -0.0208. The lowest BCUT2D eigenvalue weighted by Crippen LogP contribution is -2.42. The molecule has 3 nitrogen and oxygen atoms in total. The van der Waals surface area contributed by atoms with Crippen molar-refractivity contribution in [3.8, 4) is 0 Å². The molecule has 0 aliphatic rings. The molecule has 1 N–H and O–H groups in total. The van der Waals surface area contributed by atoms with Gasteiger partial charge in [0.15, 0.2) is 11.1 Å². The molecule has 0 radical (unpaired) electrons. The predicted octanol–water partition coefficient (Wildman–Crippen LogP) is 3.79. The molecule has 0 aromatic heterocycles. The highest BCUT2D eigenvalue weighted by molar-refractivity contribution is 7.81. The van der Waals surface area contributed by atoms with Crippen LogP contribution in [0, 0.1) is 0 Å². The molecule has 23 heavy (non-hydrogen) atoms. The zero-order valence-corrected chi connectivity index (χ0v) is 14.8. The van der Waals surface area contributed by atoms with Gasteiger partial charge in [0.05, 0.1) is 4.75 Å². The molecule has 2 aromatic carbocycles. The van der Waals surface area contributed by atoms with Crippen molar-refractivity contribution in [3.05, 3.63) is 71.8 Å². The summed E-state index contributed by atoms with van der Waals surface area (Å²) in [5, 5.41) is 11.5. The van der Waals surface area contributed by atoms with Crippen LogP contribution in [0.25, 0.3) is 0 Å². The first-order chi connectivity index (χ1) is 10.8. The van der Waals surface area contributed by atoms with Crippen LogP contribution in [-0.4, -0.2) is 20.2 Å². The molecule has 0 fully saturated rings. The average molecular weight is 332 g/mol. The molecule has 0 heterocycles. The van der Waals surface area contributed by atoms with Gasteiger partial charge in [0.2, 0.25) is 0 Å². The average Bonchev–Trinajstić information content (AvgIpc) is 2.54. The zero-order valence-electron chi connectivity index (χ0n) is 14.0. The van der Waals surface area contributed by atoms with E-state index in [2.05, 4.69) is 0 Å². The van der Waals surface area contributed by atoms with E-state index in [1.165, 1.54) is 0 Å². The Balaban J connectivity index is 2.45. The van der Waals surface area contributed by atoms with Crippen molar-refractivity contribution >= 4 is 11.1 Å². The molecule has 2 unspecified atom stereocenters. The van der Waals surface area contributed by atoms with Crippen LogP contribution < -0.4 is 0 Å². The van der Waals surface area contributed by atoms with E-state index in [-0.39, 0.29) is 0 Å². The molecule has 0 aliphatic carbocycles. The van der Waals surface area contributed by atoms with Gasteiger partial charge in [-0.1, -0.05) is 60.7 Å². The zero-order chi connectivity index (χ0) is 17.1. The summed E-state index contributed by atoms with van der Waals surface area (Å²) in [6.07, 6.45) is -0.674. The maximum atomic E-state index is 12.4. The summed E-state index contributed by atoms with van der Waals surface area (Å²) in [6.45, 7) is 7.30. The molecule has 0 bridgehead atoms. The van der Waals surface area contributed by atoms with Crippen LogP contribution >= 0.6 is 0 Å². The van der Waals surface area contributed by atoms with Crippen LogP contribution in [0.1, 0.15) is 38.8 Å². The number of hydrogen-bond donors (Lipinski definition) is 1. The monoisotopic (exact) mass is 332 g/mol. The van der Waals surface area contributed by atoms with Crippen molar-refractivity contribution in [3.63, 3.8) is 0 Å². The van der Waals surface area contributed by atoms with Gasteiger partial charge < -0.3 is 5.11 Å². The number of benzene rings is 2. The summed E-state index contributed by atoms with van der Waals surface area (Å²) in [6, 6.07) is 18.7. The van der Waals surface area contributed by atoms with Crippen LogP contribution in [0.2, 0.25) is 0 Å². The van der Waals surface area contributed by atoms with Crippen molar-refractivity contribution in [1.29, 1.82) is 0 Å². The minimum absolute atomic E-state index is 0.511. The van der Waals surface area contributed by atoms with Crippen molar-refractivity contribution in [2.75, 3.05) is 0 Å². The van der Waals surface area contributed by atoms with E-state index in [0.717, 1.165) is 0 Å². The molecule has 4 heteroatoms. The van der Waals surface area contributed by atoms with Gasteiger partial charge in [0, 0.05) is 0 Å². The highest BCUT2D eigenvalue weighted by Gasteiger charge is 2.40. The van der Waals surface area contributed by atoms with Gasteiger partial charge in [-0.2, -0.15) is 0 Å². The predicted molar refractivity (Wildman–Crippen MR) is 94.3 cm³/mol. The lowest BCUT2D eigenvalue weighted by Gasteiger charge is -2.35. The van der Waals surface area contributed by atoms with Gasteiger partial charge >= 0.3 is 0 Å². The molecule has 0 spiro atoms. The Morgan fingerprint density at radius 3 is 1.65 bits per heavy atom. The van der Waals surface area contributed by atoms with Gasteiger partial charge in [-0.05, 0) is 38.8 Å². The highest BCUT2D eigenvalue weighted by Crippen LogP contribution is 2.35.